The zero-order valence-electron chi connectivity index (χ0n) is 14.2. The molecule has 0 aliphatic rings. The molecule has 0 radical (unpaired) electrons. The summed E-state index contributed by atoms with van der Waals surface area (Å²) in [5.74, 6) is -1.14. The molecule has 0 saturated carbocycles. The van der Waals surface area contributed by atoms with Gasteiger partial charge < -0.3 is 20.7 Å². The summed E-state index contributed by atoms with van der Waals surface area (Å²) in [7, 11) is 0. The predicted octanol–water partition coefficient (Wildman–Crippen LogP) is 2.33. The average Bonchev–Trinajstić information content (AvgIpc) is 2.92. The van der Waals surface area contributed by atoms with Gasteiger partial charge in [0.2, 0.25) is 0 Å². The first-order valence-corrected chi connectivity index (χ1v) is 8.33. The van der Waals surface area contributed by atoms with E-state index >= 15 is 0 Å². The minimum absolute atomic E-state index is 0.0861. The van der Waals surface area contributed by atoms with Crippen LogP contribution in [-0.4, -0.2) is 35.1 Å². The molecule has 0 aliphatic heterocycles. The highest BCUT2D eigenvalue weighted by Gasteiger charge is 2.16. The van der Waals surface area contributed by atoms with E-state index in [2.05, 4.69) is 22.5 Å². The Bertz CT molecular complexity index is 703. The van der Waals surface area contributed by atoms with Gasteiger partial charge in [-0.25, -0.2) is 0 Å². The molecule has 24 heavy (non-hydrogen) atoms. The van der Waals surface area contributed by atoms with Crippen molar-refractivity contribution in [3.05, 3.63) is 30.0 Å². The highest BCUT2D eigenvalue weighted by molar-refractivity contribution is 6.39. The van der Waals surface area contributed by atoms with Crippen LogP contribution in [0.25, 0.3) is 10.9 Å². The number of fused-ring (bicyclic) bond motifs is 1. The Labute approximate surface area is 141 Å². The van der Waals surface area contributed by atoms with Crippen molar-refractivity contribution in [1.29, 1.82) is 0 Å². The Morgan fingerprint density at radius 2 is 2.00 bits per heavy atom. The smallest absolute Gasteiger partial charge is 0.313 e. The van der Waals surface area contributed by atoms with Gasteiger partial charge in [0, 0.05) is 35.4 Å². The van der Waals surface area contributed by atoms with Crippen LogP contribution in [0.15, 0.2) is 24.3 Å². The second kappa shape index (κ2) is 8.49. The Balaban J connectivity index is 1.91. The highest BCUT2D eigenvalue weighted by atomic mass is 16.3. The molecular weight excluding hydrogens is 306 g/mol. The average molecular weight is 331 g/mol. The molecule has 1 aromatic carbocycles. The molecule has 0 saturated heterocycles. The fourth-order valence-corrected chi connectivity index (χ4v) is 2.80. The van der Waals surface area contributed by atoms with Crippen LogP contribution in [0.1, 0.15) is 31.9 Å². The van der Waals surface area contributed by atoms with Gasteiger partial charge in [-0.1, -0.05) is 13.3 Å². The zero-order valence-corrected chi connectivity index (χ0v) is 14.2. The van der Waals surface area contributed by atoms with Crippen molar-refractivity contribution in [2.24, 2.45) is 5.92 Å². The molecule has 2 amide bonds. The molecule has 130 valence electrons. The SMILES string of the molecule is CCCC(CCO)CNC(=O)C(=O)Nc1ccc2[nH]c(C)cc2c1. The number of hydrogen-bond donors (Lipinski definition) is 4. The number of aromatic amines is 1. The third kappa shape index (κ3) is 4.83. The van der Waals surface area contributed by atoms with Gasteiger partial charge in [0.15, 0.2) is 0 Å². The molecule has 1 aromatic heterocycles. The Morgan fingerprint density at radius 3 is 2.71 bits per heavy atom. The quantitative estimate of drug-likeness (QED) is 0.587. The van der Waals surface area contributed by atoms with Crippen LogP contribution in [-0.2, 0) is 9.59 Å². The number of amides is 2. The van der Waals surface area contributed by atoms with Gasteiger partial charge in [0.25, 0.3) is 0 Å². The lowest BCUT2D eigenvalue weighted by Crippen LogP contribution is -2.38. The topological polar surface area (TPSA) is 94.2 Å². The van der Waals surface area contributed by atoms with Crippen molar-refractivity contribution >= 4 is 28.4 Å². The lowest BCUT2D eigenvalue weighted by molar-refractivity contribution is -0.136. The Hall–Kier alpha value is -2.34. The van der Waals surface area contributed by atoms with Gasteiger partial charge in [-0.15, -0.1) is 0 Å². The van der Waals surface area contributed by atoms with Gasteiger partial charge in [-0.2, -0.15) is 0 Å². The molecule has 1 unspecified atom stereocenters. The van der Waals surface area contributed by atoms with Crippen molar-refractivity contribution in [1.82, 2.24) is 10.3 Å². The van der Waals surface area contributed by atoms with Crippen LogP contribution in [0.4, 0.5) is 5.69 Å². The molecule has 0 spiro atoms. The molecule has 0 fully saturated rings. The second-order valence-electron chi connectivity index (χ2n) is 6.09. The van der Waals surface area contributed by atoms with E-state index in [1.54, 1.807) is 6.07 Å². The Kier molecular flexibility index (Phi) is 6.37. The monoisotopic (exact) mass is 331 g/mol. The molecule has 1 heterocycles. The lowest BCUT2D eigenvalue weighted by Gasteiger charge is -2.15. The number of rotatable bonds is 7. The van der Waals surface area contributed by atoms with E-state index < -0.39 is 11.8 Å². The van der Waals surface area contributed by atoms with E-state index in [1.807, 2.05) is 25.1 Å². The van der Waals surface area contributed by atoms with Crippen LogP contribution in [0.5, 0.6) is 0 Å². The summed E-state index contributed by atoms with van der Waals surface area (Å²) >= 11 is 0. The van der Waals surface area contributed by atoms with Gasteiger partial charge in [-0.3, -0.25) is 9.59 Å². The molecule has 1 atom stereocenters. The number of carbonyl (C=O) groups excluding carboxylic acids is 2. The summed E-state index contributed by atoms with van der Waals surface area (Å²) in [4.78, 5) is 27.1. The van der Waals surface area contributed by atoms with Gasteiger partial charge in [0.1, 0.15) is 0 Å². The van der Waals surface area contributed by atoms with Gasteiger partial charge >= 0.3 is 11.8 Å². The fraction of sp³-hybridized carbons (Fsp3) is 0.444. The van der Waals surface area contributed by atoms with Crippen LogP contribution in [0.2, 0.25) is 0 Å². The summed E-state index contributed by atoms with van der Waals surface area (Å²) in [6.07, 6.45) is 2.51. The van der Waals surface area contributed by atoms with Crippen molar-refractivity contribution in [3.63, 3.8) is 0 Å². The maximum atomic E-state index is 12.0. The minimum atomic E-state index is -0.680. The number of nitrogens with one attached hydrogen (secondary N) is 3. The van der Waals surface area contributed by atoms with Gasteiger partial charge in [-0.05, 0) is 49.9 Å². The molecule has 6 heteroatoms. The number of hydrogen-bond acceptors (Lipinski definition) is 3. The number of H-pyrrole nitrogens is 1. The number of carbonyl (C=O) groups is 2. The molecule has 0 bridgehead atoms. The van der Waals surface area contributed by atoms with E-state index in [4.69, 9.17) is 5.11 Å². The van der Waals surface area contributed by atoms with E-state index in [1.165, 1.54) is 0 Å². The summed E-state index contributed by atoms with van der Waals surface area (Å²) in [6, 6.07) is 7.44. The molecule has 2 aromatic rings. The first-order chi connectivity index (χ1) is 11.5. The summed E-state index contributed by atoms with van der Waals surface area (Å²) < 4.78 is 0. The van der Waals surface area contributed by atoms with Crippen molar-refractivity contribution in [2.75, 3.05) is 18.5 Å². The second-order valence-corrected chi connectivity index (χ2v) is 6.09. The molecule has 4 N–H and O–H groups in total. The number of benzene rings is 1. The molecule has 6 nitrogen and oxygen atoms in total. The summed E-state index contributed by atoms with van der Waals surface area (Å²) in [5.41, 5.74) is 2.61. The fourth-order valence-electron chi connectivity index (χ4n) is 2.80. The van der Waals surface area contributed by atoms with Crippen molar-refractivity contribution < 1.29 is 14.7 Å². The maximum Gasteiger partial charge on any atom is 0.313 e. The zero-order chi connectivity index (χ0) is 17.5. The third-order valence-corrected chi connectivity index (χ3v) is 4.01. The van der Waals surface area contributed by atoms with E-state index in [0.29, 0.717) is 18.7 Å². The molecular formula is C18H25N3O3. The number of aliphatic hydroxyl groups excluding tert-OH is 1. The number of aliphatic hydroxyl groups is 1. The van der Waals surface area contributed by atoms with Crippen LogP contribution >= 0.6 is 0 Å². The van der Waals surface area contributed by atoms with Crippen LogP contribution < -0.4 is 10.6 Å². The summed E-state index contributed by atoms with van der Waals surface area (Å²) in [6.45, 7) is 4.50. The first-order valence-electron chi connectivity index (χ1n) is 8.33. The van der Waals surface area contributed by atoms with E-state index in [-0.39, 0.29) is 12.5 Å². The third-order valence-electron chi connectivity index (χ3n) is 4.01. The van der Waals surface area contributed by atoms with Crippen molar-refractivity contribution in [2.45, 2.75) is 33.1 Å². The van der Waals surface area contributed by atoms with Crippen LogP contribution in [0.3, 0.4) is 0 Å². The molecule has 2 rings (SSSR count). The van der Waals surface area contributed by atoms with Gasteiger partial charge in [0.05, 0.1) is 0 Å². The van der Waals surface area contributed by atoms with Crippen LogP contribution in [0, 0.1) is 12.8 Å². The molecule has 0 aliphatic carbocycles. The number of aryl methyl sites for hydroxylation is 1. The normalized spacial score (nSPS) is 12.1. The minimum Gasteiger partial charge on any atom is -0.396 e. The number of anilines is 1. The number of aromatic nitrogens is 1. The first kappa shape index (κ1) is 18.0. The summed E-state index contributed by atoms with van der Waals surface area (Å²) in [5, 5.41) is 15.3. The Morgan fingerprint density at radius 1 is 1.21 bits per heavy atom. The predicted molar refractivity (Wildman–Crippen MR) is 94.8 cm³/mol. The maximum absolute atomic E-state index is 12.0. The highest BCUT2D eigenvalue weighted by Crippen LogP contribution is 2.19. The lowest BCUT2D eigenvalue weighted by atomic mass is 10.0. The standard InChI is InChI=1S/C18H25N3O3/c1-3-4-13(7-8-22)11-19-17(23)18(24)21-15-5-6-16-14(10-15)9-12(2)20-16/h5-6,9-10,13,20,22H,3-4,7-8,11H2,1-2H3,(H,19,23)(H,21,24). The van der Waals surface area contributed by atoms with E-state index in [0.717, 1.165) is 29.4 Å². The van der Waals surface area contributed by atoms with Crippen molar-refractivity contribution in [3.8, 4) is 0 Å². The largest absolute Gasteiger partial charge is 0.396 e. The van der Waals surface area contributed by atoms with E-state index in [9.17, 15) is 9.59 Å².